The number of hydrogen-bond acceptors (Lipinski definition) is 3. The fraction of sp³-hybridized carbons (Fsp3) is 0.278. The van der Waals surface area contributed by atoms with Crippen molar-refractivity contribution in [3.63, 3.8) is 0 Å². The summed E-state index contributed by atoms with van der Waals surface area (Å²) in [5.74, 6) is 0. The molecule has 3 rings (SSSR count). The molecule has 22 heavy (non-hydrogen) atoms. The van der Waals surface area contributed by atoms with Gasteiger partial charge >= 0.3 is 0 Å². The first-order chi connectivity index (χ1) is 10.7. The maximum Gasteiger partial charge on any atom is 0.285 e. The van der Waals surface area contributed by atoms with Crippen LogP contribution in [0.15, 0.2) is 53.5 Å². The van der Waals surface area contributed by atoms with Crippen molar-refractivity contribution >= 4 is 17.6 Å². The first-order valence-electron chi connectivity index (χ1n) is 7.46. The van der Waals surface area contributed by atoms with Crippen LogP contribution in [-0.4, -0.2) is 19.2 Å². The number of amidine groups is 1. The van der Waals surface area contributed by atoms with Crippen LogP contribution < -0.4 is 5.32 Å². The lowest BCUT2D eigenvalue weighted by Gasteiger charge is -2.21. The minimum absolute atomic E-state index is 0.0802. The molecular formula is C18H19ClN2O. The first-order valence-corrected chi connectivity index (χ1v) is 7.84. The number of aliphatic imine (C=N–C) groups is 1. The maximum atomic E-state index is 6.15. The smallest absolute Gasteiger partial charge is 0.285 e. The zero-order valence-electron chi connectivity index (χ0n) is 12.6. The Kier molecular flexibility index (Phi) is 4.64. The summed E-state index contributed by atoms with van der Waals surface area (Å²) < 4.78 is 5.51. The zero-order chi connectivity index (χ0) is 15.4. The normalized spacial score (nSPS) is 15.1. The molecule has 0 spiro atoms. The second-order valence-electron chi connectivity index (χ2n) is 5.42. The van der Waals surface area contributed by atoms with Crippen LogP contribution in [0.3, 0.4) is 0 Å². The molecule has 0 saturated heterocycles. The third-order valence-corrected chi connectivity index (χ3v) is 4.05. The predicted molar refractivity (Wildman–Crippen MR) is 90.5 cm³/mol. The van der Waals surface area contributed by atoms with E-state index in [1.807, 2.05) is 18.2 Å². The van der Waals surface area contributed by atoms with Crippen molar-refractivity contribution in [1.29, 1.82) is 0 Å². The molecule has 1 N–H and O–H groups in total. The fourth-order valence-electron chi connectivity index (χ4n) is 2.61. The fourth-order valence-corrected chi connectivity index (χ4v) is 2.80. The summed E-state index contributed by atoms with van der Waals surface area (Å²) in [5.41, 5.74) is 3.72. The monoisotopic (exact) mass is 314 g/mol. The molecule has 1 unspecified atom stereocenters. The average molecular weight is 315 g/mol. The molecule has 3 nitrogen and oxygen atoms in total. The molecule has 114 valence electrons. The van der Waals surface area contributed by atoms with Crippen LogP contribution in [0.2, 0.25) is 5.02 Å². The van der Waals surface area contributed by atoms with Crippen molar-refractivity contribution in [1.82, 2.24) is 5.32 Å². The Bertz CT molecular complexity index is 684. The Labute approximate surface area is 136 Å². The van der Waals surface area contributed by atoms with Crippen LogP contribution in [0.5, 0.6) is 0 Å². The third kappa shape index (κ3) is 3.60. The molecule has 1 heterocycles. The number of nitrogens with zero attached hydrogens (tertiary/aromatic N) is 1. The molecule has 1 aliphatic heterocycles. The Morgan fingerprint density at radius 2 is 2.09 bits per heavy atom. The van der Waals surface area contributed by atoms with Crippen molar-refractivity contribution in [2.75, 3.05) is 13.2 Å². The van der Waals surface area contributed by atoms with Gasteiger partial charge in [-0.25, -0.2) is 4.99 Å². The van der Waals surface area contributed by atoms with Crippen LogP contribution >= 0.6 is 11.6 Å². The van der Waals surface area contributed by atoms with Crippen LogP contribution in [0.25, 0.3) is 0 Å². The summed E-state index contributed by atoms with van der Waals surface area (Å²) in [5, 5.41) is 4.14. The van der Waals surface area contributed by atoms with Gasteiger partial charge in [-0.3, -0.25) is 0 Å². The van der Waals surface area contributed by atoms with E-state index in [1.54, 1.807) is 0 Å². The second kappa shape index (κ2) is 6.84. The molecule has 2 aromatic carbocycles. The van der Waals surface area contributed by atoms with E-state index < -0.39 is 0 Å². The van der Waals surface area contributed by atoms with Crippen LogP contribution in [0.4, 0.5) is 0 Å². The zero-order valence-corrected chi connectivity index (χ0v) is 13.3. The largest absolute Gasteiger partial charge is 0.463 e. The molecule has 4 heteroatoms. The van der Waals surface area contributed by atoms with Gasteiger partial charge in [0.05, 0.1) is 12.6 Å². The molecule has 0 saturated carbocycles. The highest BCUT2D eigenvalue weighted by Gasteiger charge is 2.18. The maximum absolute atomic E-state index is 6.15. The van der Waals surface area contributed by atoms with Crippen molar-refractivity contribution in [3.05, 3.63) is 70.2 Å². The molecule has 0 aliphatic carbocycles. The summed E-state index contributed by atoms with van der Waals surface area (Å²) in [4.78, 5) is 4.34. The number of rotatable bonds is 4. The standard InChI is InChI=1S/C18H19ClN2O/c1-13-5-2-3-6-14(13)12-17(21-18-20-9-10-22-18)15-7-4-8-16(19)11-15/h2-8,11,17H,9-10,12H2,1H3,(H,20,21). The topological polar surface area (TPSA) is 33.6 Å². The molecule has 2 aromatic rings. The van der Waals surface area contributed by atoms with E-state index in [1.165, 1.54) is 11.1 Å². The summed E-state index contributed by atoms with van der Waals surface area (Å²) >= 11 is 6.15. The van der Waals surface area contributed by atoms with Gasteiger partial charge in [0.1, 0.15) is 6.61 Å². The lowest BCUT2D eigenvalue weighted by molar-refractivity contribution is 0.325. The van der Waals surface area contributed by atoms with E-state index in [9.17, 15) is 0 Å². The number of halogens is 1. The van der Waals surface area contributed by atoms with E-state index in [0.717, 1.165) is 23.6 Å². The van der Waals surface area contributed by atoms with E-state index in [4.69, 9.17) is 16.3 Å². The van der Waals surface area contributed by atoms with Crippen molar-refractivity contribution in [3.8, 4) is 0 Å². The number of nitrogens with one attached hydrogen (secondary N) is 1. The predicted octanol–water partition coefficient (Wildman–Crippen LogP) is 3.91. The highest BCUT2D eigenvalue weighted by Crippen LogP contribution is 2.23. The molecular weight excluding hydrogens is 296 g/mol. The lowest BCUT2D eigenvalue weighted by atomic mass is 9.96. The van der Waals surface area contributed by atoms with Crippen LogP contribution in [0.1, 0.15) is 22.7 Å². The number of aryl methyl sites for hydroxylation is 1. The Balaban J connectivity index is 1.87. The van der Waals surface area contributed by atoms with Crippen molar-refractivity contribution < 1.29 is 4.74 Å². The van der Waals surface area contributed by atoms with Gasteiger partial charge in [0, 0.05) is 5.02 Å². The molecule has 1 aliphatic rings. The van der Waals surface area contributed by atoms with Gasteiger partial charge in [-0.05, 0) is 42.2 Å². The third-order valence-electron chi connectivity index (χ3n) is 3.82. The summed E-state index contributed by atoms with van der Waals surface area (Å²) in [6.07, 6.45) is 0.857. The molecule has 0 aromatic heterocycles. The van der Waals surface area contributed by atoms with Gasteiger partial charge in [0.2, 0.25) is 0 Å². The van der Waals surface area contributed by atoms with E-state index in [2.05, 4.69) is 47.6 Å². The SMILES string of the molecule is Cc1ccccc1CC(NC1=NCCO1)c1cccc(Cl)c1. The number of ether oxygens (including phenoxy) is 1. The van der Waals surface area contributed by atoms with Crippen molar-refractivity contribution in [2.45, 2.75) is 19.4 Å². The molecule has 0 bridgehead atoms. The highest BCUT2D eigenvalue weighted by molar-refractivity contribution is 6.30. The van der Waals surface area contributed by atoms with Gasteiger partial charge in [-0.15, -0.1) is 0 Å². The number of benzene rings is 2. The lowest BCUT2D eigenvalue weighted by Crippen LogP contribution is -2.30. The quantitative estimate of drug-likeness (QED) is 0.928. The van der Waals surface area contributed by atoms with E-state index in [-0.39, 0.29) is 6.04 Å². The molecule has 1 atom stereocenters. The minimum atomic E-state index is 0.0802. The van der Waals surface area contributed by atoms with Gasteiger partial charge in [0.15, 0.2) is 0 Å². The van der Waals surface area contributed by atoms with Crippen LogP contribution in [-0.2, 0) is 11.2 Å². The van der Waals surface area contributed by atoms with Gasteiger partial charge in [-0.2, -0.15) is 0 Å². The van der Waals surface area contributed by atoms with Gasteiger partial charge in [-0.1, -0.05) is 48.0 Å². The highest BCUT2D eigenvalue weighted by atomic mass is 35.5. The minimum Gasteiger partial charge on any atom is -0.463 e. The van der Waals surface area contributed by atoms with E-state index >= 15 is 0 Å². The molecule has 0 fully saturated rings. The average Bonchev–Trinajstić information content (AvgIpc) is 3.02. The Hall–Kier alpha value is -2.00. The Morgan fingerprint density at radius 1 is 1.23 bits per heavy atom. The summed E-state index contributed by atoms with van der Waals surface area (Å²) in [7, 11) is 0. The second-order valence-corrected chi connectivity index (χ2v) is 5.85. The molecule has 0 amide bonds. The van der Waals surface area contributed by atoms with Crippen molar-refractivity contribution in [2.24, 2.45) is 4.99 Å². The van der Waals surface area contributed by atoms with Gasteiger partial charge < -0.3 is 10.1 Å². The Morgan fingerprint density at radius 3 is 2.82 bits per heavy atom. The van der Waals surface area contributed by atoms with Gasteiger partial charge in [0.25, 0.3) is 6.02 Å². The van der Waals surface area contributed by atoms with E-state index in [0.29, 0.717) is 12.6 Å². The first kappa shape index (κ1) is 14.9. The van der Waals surface area contributed by atoms with Crippen LogP contribution in [0, 0.1) is 6.92 Å². The molecule has 0 radical (unpaired) electrons. The summed E-state index contributed by atoms with van der Waals surface area (Å²) in [6, 6.07) is 17.1. The summed E-state index contributed by atoms with van der Waals surface area (Å²) in [6.45, 7) is 3.50. The number of hydrogen-bond donors (Lipinski definition) is 1.